The lowest BCUT2D eigenvalue weighted by Gasteiger charge is -2.18. The lowest BCUT2D eigenvalue weighted by atomic mass is 9.93. The molecule has 4 aromatic rings. The lowest BCUT2D eigenvalue weighted by molar-refractivity contribution is 0.290. The molecular formula is C28H25FO6S. The van der Waals surface area contributed by atoms with Crippen LogP contribution in [0.1, 0.15) is 11.1 Å². The smallest absolute Gasteiger partial charge is 0.306 e. The zero-order chi connectivity index (χ0) is 25.9. The summed E-state index contributed by atoms with van der Waals surface area (Å²) in [6.45, 7) is 2.04. The van der Waals surface area contributed by atoms with Crippen LogP contribution in [0.5, 0.6) is 23.0 Å². The molecule has 4 rings (SSSR count). The molecule has 0 saturated carbocycles. The summed E-state index contributed by atoms with van der Waals surface area (Å²) in [7, 11) is -2.22. The largest absolute Gasteiger partial charge is 0.504 e. The van der Waals surface area contributed by atoms with Crippen LogP contribution in [0.3, 0.4) is 0 Å². The fourth-order valence-electron chi connectivity index (χ4n) is 3.94. The second-order valence-electron chi connectivity index (χ2n) is 8.23. The van der Waals surface area contributed by atoms with Crippen molar-refractivity contribution < 1.29 is 31.6 Å². The standard InChI is InChI=1S/C28H25FO6S/c1-18-15-23(20-9-12-22(13-10-20)35-36(3,31)32)28(33-2)27(30)26(18)21-11-14-25(24(29)16-21)34-17-19-7-5-4-6-8-19/h4-16,30H,17H2,1-3H3. The van der Waals surface area contributed by atoms with Crippen molar-refractivity contribution in [3.63, 3.8) is 0 Å². The van der Waals surface area contributed by atoms with Crippen LogP contribution in [0.15, 0.2) is 78.9 Å². The molecule has 8 heteroatoms. The number of hydrogen-bond donors (Lipinski definition) is 1. The van der Waals surface area contributed by atoms with Crippen molar-refractivity contribution in [2.24, 2.45) is 0 Å². The fraction of sp³-hybridized carbons (Fsp3) is 0.143. The molecule has 0 saturated heterocycles. The maximum Gasteiger partial charge on any atom is 0.306 e. The lowest BCUT2D eigenvalue weighted by Crippen LogP contribution is -2.05. The summed E-state index contributed by atoms with van der Waals surface area (Å²) in [6, 6.07) is 22.2. The molecule has 0 bridgehead atoms. The first-order valence-electron chi connectivity index (χ1n) is 11.0. The molecule has 1 N–H and O–H groups in total. The zero-order valence-electron chi connectivity index (χ0n) is 20.0. The van der Waals surface area contributed by atoms with Gasteiger partial charge in [-0.3, -0.25) is 0 Å². The predicted molar refractivity (Wildman–Crippen MR) is 136 cm³/mol. The number of aromatic hydroxyl groups is 1. The van der Waals surface area contributed by atoms with Crippen LogP contribution in [0, 0.1) is 12.7 Å². The molecule has 0 heterocycles. The second-order valence-corrected chi connectivity index (χ2v) is 9.80. The van der Waals surface area contributed by atoms with Crippen molar-refractivity contribution in [3.05, 3.63) is 95.8 Å². The molecule has 0 aliphatic heterocycles. The Bertz CT molecular complexity index is 1480. The van der Waals surface area contributed by atoms with Crippen molar-refractivity contribution in [3.8, 4) is 45.3 Å². The zero-order valence-corrected chi connectivity index (χ0v) is 20.8. The number of aryl methyl sites for hydroxylation is 1. The first kappa shape index (κ1) is 25.1. The Balaban J connectivity index is 1.65. The van der Waals surface area contributed by atoms with Gasteiger partial charge in [0.05, 0.1) is 13.4 Å². The summed E-state index contributed by atoms with van der Waals surface area (Å²) in [4.78, 5) is 0. The summed E-state index contributed by atoms with van der Waals surface area (Å²) >= 11 is 0. The highest BCUT2D eigenvalue weighted by atomic mass is 32.2. The van der Waals surface area contributed by atoms with Gasteiger partial charge in [-0.2, -0.15) is 8.42 Å². The summed E-state index contributed by atoms with van der Waals surface area (Å²) < 4.78 is 53.6. The summed E-state index contributed by atoms with van der Waals surface area (Å²) in [6.07, 6.45) is 0.967. The minimum atomic E-state index is -3.65. The second kappa shape index (κ2) is 10.3. The maximum atomic E-state index is 14.9. The van der Waals surface area contributed by atoms with Crippen molar-refractivity contribution in [1.29, 1.82) is 0 Å². The van der Waals surface area contributed by atoms with Gasteiger partial charge in [-0.1, -0.05) is 48.5 Å². The van der Waals surface area contributed by atoms with E-state index in [0.29, 0.717) is 27.8 Å². The number of ether oxygens (including phenoxy) is 2. The Morgan fingerprint density at radius 2 is 1.58 bits per heavy atom. The highest BCUT2D eigenvalue weighted by Crippen LogP contribution is 2.46. The highest BCUT2D eigenvalue weighted by molar-refractivity contribution is 7.86. The van der Waals surface area contributed by atoms with Crippen molar-refractivity contribution in [1.82, 2.24) is 0 Å². The molecule has 0 radical (unpaired) electrons. The van der Waals surface area contributed by atoms with Crippen molar-refractivity contribution in [2.45, 2.75) is 13.5 Å². The van der Waals surface area contributed by atoms with Gasteiger partial charge < -0.3 is 18.8 Å². The number of phenolic OH excluding ortho intramolecular Hbond substituents is 1. The third kappa shape index (κ3) is 5.60. The number of phenols is 1. The first-order valence-corrected chi connectivity index (χ1v) is 12.8. The van der Waals surface area contributed by atoms with E-state index < -0.39 is 15.9 Å². The molecule has 0 spiro atoms. The van der Waals surface area contributed by atoms with Gasteiger partial charge in [0.1, 0.15) is 12.4 Å². The average molecular weight is 509 g/mol. The van der Waals surface area contributed by atoms with E-state index in [9.17, 15) is 17.9 Å². The minimum absolute atomic E-state index is 0.111. The average Bonchev–Trinajstić information content (AvgIpc) is 2.83. The van der Waals surface area contributed by atoms with Gasteiger partial charge in [0.25, 0.3) is 0 Å². The maximum absolute atomic E-state index is 14.9. The van der Waals surface area contributed by atoms with Crippen LogP contribution in [0.25, 0.3) is 22.3 Å². The normalized spacial score (nSPS) is 11.2. The predicted octanol–water partition coefficient (Wildman–Crippen LogP) is 6.10. The first-order chi connectivity index (χ1) is 17.2. The van der Waals surface area contributed by atoms with Gasteiger partial charge in [0, 0.05) is 11.1 Å². The molecule has 4 aromatic carbocycles. The highest BCUT2D eigenvalue weighted by Gasteiger charge is 2.20. The molecule has 36 heavy (non-hydrogen) atoms. The fourth-order valence-corrected chi connectivity index (χ4v) is 4.40. The van der Waals surface area contributed by atoms with Gasteiger partial charge in [0.15, 0.2) is 23.1 Å². The molecule has 6 nitrogen and oxygen atoms in total. The van der Waals surface area contributed by atoms with Crippen LogP contribution in [-0.4, -0.2) is 26.9 Å². The molecule has 0 aliphatic rings. The summed E-state index contributed by atoms with van der Waals surface area (Å²) in [5.74, 6) is -0.201. The molecular weight excluding hydrogens is 483 g/mol. The van der Waals surface area contributed by atoms with E-state index in [4.69, 9.17) is 13.7 Å². The van der Waals surface area contributed by atoms with Crippen LogP contribution in [0.2, 0.25) is 0 Å². The summed E-state index contributed by atoms with van der Waals surface area (Å²) in [5.41, 5.74) is 3.78. The molecule has 186 valence electrons. The Kier molecular flexibility index (Phi) is 7.17. The Hall–Kier alpha value is -4.04. The number of hydrogen-bond acceptors (Lipinski definition) is 6. The van der Waals surface area contributed by atoms with Gasteiger partial charge in [-0.15, -0.1) is 0 Å². The van der Waals surface area contributed by atoms with E-state index in [1.54, 1.807) is 25.1 Å². The van der Waals surface area contributed by atoms with Crippen LogP contribution in [0.4, 0.5) is 4.39 Å². The van der Waals surface area contributed by atoms with Crippen LogP contribution >= 0.6 is 0 Å². The number of benzene rings is 4. The molecule has 0 fully saturated rings. The van der Waals surface area contributed by atoms with Crippen LogP contribution in [-0.2, 0) is 16.7 Å². The Labute approximate surface area is 209 Å². The van der Waals surface area contributed by atoms with E-state index in [1.165, 1.54) is 31.4 Å². The monoisotopic (exact) mass is 508 g/mol. The van der Waals surface area contributed by atoms with E-state index in [2.05, 4.69) is 0 Å². The van der Waals surface area contributed by atoms with Gasteiger partial charge >= 0.3 is 10.1 Å². The van der Waals surface area contributed by atoms with Crippen molar-refractivity contribution >= 4 is 10.1 Å². The quantitative estimate of drug-likeness (QED) is 0.290. The van der Waals surface area contributed by atoms with E-state index in [-0.39, 0.29) is 29.6 Å². The molecule has 0 aromatic heterocycles. The van der Waals surface area contributed by atoms with Gasteiger partial charge in [-0.05, 0) is 59.5 Å². The third-order valence-electron chi connectivity index (χ3n) is 5.53. The number of rotatable bonds is 8. The topological polar surface area (TPSA) is 82.1 Å². The van der Waals surface area contributed by atoms with E-state index in [0.717, 1.165) is 11.8 Å². The minimum Gasteiger partial charge on any atom is -0.504 e. The van der Waals surface area contributed by atoms with E-state index in [1.807, 2.05) is 36.4 Å². The third-order valence-corrected chi connectivity index (χ3v) is 6.02. The molecule has 0 aliphatic carbocycles. The number of methoxy groups -OCH3 is 1. The summed E-state index contributed by atoms with van der Waals surface area (Å²) in [5, 5.41) is 11.1. The Morgan fingerprint density at radius 3 is 2.19 bits per heavy atom. The number of halogens is 1. The van der Waals surface area contributed by atoms with E-state index >= 15 is 0 Å². The molecule has 0 atom stereocenters. The SMILES string of the molecule is COc1c(-c2ccc(OS(C)(=O)=O)cc2)cc(C)c(-c2ccc(OCc3ccccc3)c(F)c2)c1O. The molecule has 0 amide bonds. The van der Waals surface area contributed by atoms with Gasteiger partial charge in [0.2, 0.25) is 0 Å². The van der Waals surface area contributed by atoms with Gasteiger partial charge in [-0.25, -0.2) is 4.39 Å². The van der Waals surface area contributed by atoms with Crippen molar-refractivity contribution in [2.75, 3.05) is 13.4 Å². The van der Waals surface area contributed by atoms with Crippen LogP contribution < -0.4 is 13.7 Å². The Morgan fingerprint density at radius 1 is 0.917 bits per heavy atom. The molecule has 0 unspecified atom stereocenters.